The van der Waals surface area contributed by atoms with Crippen LogP contribution in [0.1, 0.15) is 18.2 Å². The van der Waals surface area contributed by atoms with E-state index in [0.29, 0.717) is 17.2 Å². The highest BCUT2D eigenvalue weighted by molar-refractivity contribution is 9.10. The molecular weight excluding hydrogens is 396 g/mol. The monoisotopic (exact) mass is 412 g/mol. The lowest BCUT2D eigenvalue weighted by molar-refractivity contribution is -0.118. The molecule has 0 bridgehead atoms. The van der Waals surface area contributed by atoms with Crippen molar-refractivity contribution in [3.05, 3.63) is 70.3 Å². The molecule has 0 unspecified atom stereocenters. The van der Waals surface area contributed by atoms with Gasteiger partial charge in [0.05, 0.1) is 23.2 Å². The summed E-state index contributed by atoms with van der Waals surface area (Å²) in [5.74, 6) is 0.939. The standard InChI is InChI=1S/C19H17BrN4O2/c1-13-18(12-21-22-14(2)25)19(26-17-10-8-15(20)9-11-17)24(23-13)16-6-4-3-5-7-16/h3-12H,1-2H3,(H,22,25)/b21-12-. The minimum atomic E-state index is -0.246. The van der Waals surface area contributed by atoms with Crippen molar-refractivity contribution in [3.63, 3.8) is 0 Å². The minimum Gasteiger partial charge on any atom is -0.438 e. The van der Waals surface area contributed by atoms with Crippen molar-refractivity contribution in [2.75, 3.05) is 0 Å². The van der Waals surface area contributed by atoms with Gasteiger partial charge in [0.2, 0.25) is 11.8 Å². The number of carbonyl (C=O) groups is 1. The van der Waals surface area contributed by atoms with Gasteiger partial charge in [0, 0.05) is 11.4 Å². The quantitative estimate of drug-likeness (QED) is 0.504. The molecule has 2 aromatic carbocycles. The number of halogens is 1. The van der Waals surface area contributed by atoms with Gasteiger partial charge in [-0.15, -0.1) is 0 Å². The zero-order chi connectivity index (χ0) is 18.5. The lowest BCUT2D eigenvalue weighted by Crippen LogP contribution is -2.12. The lowest BCUT2D eigenvalue weighted by atomic mass is 10.2. The van der Waals surface area contributed by atoms with Crippen molar-refractivity contribution in [1.82, 2.24) is 15.2 Å². The Kier molecular flexibility index (Phi) is 5.48. The smallest absolute Gasteiger partial charge is 0.236 e. The van der Waals surface area contributed by atoms with Gasteiger partial charge in [-0.05, 0) is 43.3 Å². The Bertz CT molecular complexity index is 934. The number of amides is 1. The molecule has 1 aromatic heterocycles. The molecule has 7 heteroatoms. The second-order valence-corrected chi connectivity index (χ2v) is 6.45. The van der Waals surface area contributed by atoms with Gasteiger partial charge in [0.25, 0.3) is 0 Å². The third-order valence-electron chi connectivity index (χ3n) is 3.51. The number of para-hydroxylation sites is 1. The zero-order valence-electron chi connectivity index (χ0n) is 14.3. The van der Waals surface area contributed by atoms with E-state index in [2.05, 4.69) is 31.6 Å². The van der Waals surface area contributed by atoms with Crippen LogP contribution in [-0.2, 0) is 4.79 Å². The molecule has 6 nitrogen and oxygen atoms in total. The number of ether oxygens (including phenoxy) is 1. The number of rotatable bonds is 5. The number of carbonyl (C=O) groups excluding carboxylic acids is 1. The number of aromatic nitrogens is 2. The zero-order valence-corrected chi connectivity index (χ0v) is 15.9. The van der Waals surface area contributed by atoms with Gasteiger partial charge in [0.1, 0.15) is 5.75 Å². The molecule has 132 valence electrons. The third-order valence-corrected chi connectivity index (χ3v) is 4.04. The van der Waals surface area contributed by atoms with Gasteiger partial charge < -0.3 is 4.74 Å². The van der Waals surface area contributed by atoms with Crippen molar-refractivity contribution in [3.8, 4) is 17.3 Å². The van der Waals surface area contributed by atoms with E-state index in [1.54, 1.807) is 4.68 Å². The van der Waals surface area contributed by atoms with E-state index in [4.69, 9.17) is 4.74 Å². The van der Waals surface area contributed by atoms with Gasteiger partial charge in [0.15, 0.2) is 0 Å². The molecule has 1 amide bonds. The molecule has 1 N–H and O–H groups in total. The molecule has 0 fully saturated rings. The summed E-state index contributed by atoms with van der Waals surface area (Å²) < 4.78 is 8.78. The molecular formula is C19H17BrN4O2. The molecule has 26 heavy (non-hydrogen) atoms. The average molecular weight is 413 g/mol. The van der Waals surface area contributed by atoms with E-state index in [-0.39, 0.29) is 5.91 Å². The summed E-state index contributed by atoms with van der Waals surface area (Å²) in [4.78, 5) is 11.1. The van der Waals surface area contributed by atoms with Crippen molar-refractivity contribution < 1.29 is 9.53 Å². The molecule has 0 aliphatic rings. The van der Waals surface area contributed by atoms with Gasteiger partial charge in [-0.1, -0.05) is 34.1 Å². The van der Waals surface area contributed by atoms with Gasteiger partial charge >= 0.3 is 0 Å². The van der Waals surface area contributed by atoms with Crippen LogP contribution in [0.2, 0.25) is 0 Å². The molecule has 0 saturated carbocycles. The highest BCUT2D eigenvalue weighted by Gasteiger charge is 2.17. The molecule has 0 saturated heterocycles. The van der Waals surface area contributed by atoms with Crippen molar-refractivity contribution >= 4 is 28.1 Å². The average Bonchev–Trinajstić information content (AvgIpc) is 2.93. The van der Waals surface area contributed by atoms with Crippen LogP contribution in [0, 0.1) is 6.92 Å². The minimum absolute atomic E-state index is 0.246. The van der Waals surface area contributed by atoms with Crippen LogP contribution in [0.3, 0.4) is 0 Å². The molecule has 3 rings (SSSR count). The molecule has 0 spiro atoms. The van der Waals surface area contributed by atoms with E-state index < -0.39 is 0 Å². The van der Waals surface area contributed by atoms with E-state index in [1.165, 1.54) is 13.1 Å². The first-order chi connectivity index (χ1) is 12.5. The topological polar surface area (TPSA) is 68.5 Å². The third kappa shape index (κ3) is 4.18. The summed E-state index contributed by atoms with van der Waals surface area (Å²) in [5, 5.41) is 8.53. The Morgan fingerprint density at radius 3 is 2.54 bits per heavy atom. The maximum atomic E-state index is 11.1. The molecule has 0 atom stereocenters. The van der Waals surface area contributed by atoms with E-state index in [9.17, 15) is 4.79 Å². The lowest BCUT2D eigenvalue weighted by Gasteiger charge is -2.10. The Labute approximate surface area is 159 Å². The predicted molar refractivity (Wildman–Crippen MR) is 104 cm³/mol. The number of nitrogens with zero attached hydrogens (tertiary/aromatic N) is 3. The van der Waals surface area contributed by atoms with Crippen LogP contribution in [0.25, 0.3) is 5.69 Å². The number of aryl methyl sites for hydroxylation is 1. The Morgan fingerprint density at radius 1 is 1.19 bits per heavy atom. The van der Waals surface area contributed by atoms with Crippen molar-refractivity contribution in [2.24, 2.45) is 5.10 Å². The fourth-order valence-corrected chi connectivity index (χ4v) is 2.58. The molecule has 0 aliphatic heterocycles. The second-order valence-electron chi connectivity index (χ2n) is 5.53. The van der Waals surface area contributed by atoms with Crippen LogP contribution < -0.4 is 10.2 Å². The van der Waals surface area contributed by atoms with Crippen LogP contribution >= 0.6 is 15.9 Å². The molecule has 0 radical (unpaired) electrons. The largest absolute Gasteiger partial charge is 0.438 e. The van der Waals surface area contributed by atoms with E-state index in [1.807, 2.05) is 61.5 Å². The van der Waals surface area contributed by atoms with Crippen LogP contribution in [0.4, 0.5) is 0 Å². The number of benzene rings is 2. The maximum Gasteiger partial charge on any atom is 0.236 e. The molecule has 0 aliphatic carbocycles. The van der Waals surface area contributed by atoms with Crippen LogP contribution in [0.15, 0.2) is 64.2 Å². The Balaban J connectivity index is 2.05. The first kappa shape index (κ1) is 17.9. The van der Waals surface area contributed by atoms with Crippen molar-refractivity contribution in [1.29, 1.82) is 0 Å². The Morgan fingerprint density at radius 2 is 1.88 bits per heavy atom. The number of hydrogen-bond acceptors (Lipinski definition) is 4. The predicted octanol–water partition coefficient (Wildman–Crippen LogP) is 4.21. The normalized spacial score (nSPS) is 10.9. The van der Waals surface area contributed by atoms with Crippen LogP contribution in [-0.4, -0.2) is 21.9 Å². The highest BCUT2D eigenvalue weighted by atomic mass is 79.9. The fraction of sp³-hybridized carbons (Fsp3) is 0.105. The SMILES string of the molecule is CC(=O)N/N=C\c1c(C)nn(-c2ccccc2)c1Oc1ccc(Br)cc1. The van der Waals surface area contributed by atoms with Crippen LogP contribution in [0.5, 0.6) is 11.6 Å². The highest BCUT2D eigenvalue weighted by Crippen LogP contribution is 2.30. The first-order valence-corrected chi connectivity index (χ1v) is 8.72. The summed E-state index contributed by atoms with van der Waals surface area (Å²) in [6.45, 7) is 3.26. The van der Waals surface area contributed by atoms with Crippen molar-refractivity contribution in [2.45, 2.75) is 13.8 Å². The maximum absolute atomic E-state index is 11.1. The van der Waals surface area contributed by atoms with Gasteiger partial charge in [-0.25, -0.2) is 5.43 Å². The van der Waals surface area contributed by atoms with E-state index >= 15 is 0 Å². The molecule has 3 aromatic rings. The number of nitrogens with one attached hydrogen (secondary N) is 1. The number of hydrazone groups is 1. The summed E-state index contributed by atoms with van der Waals surface area (Å²) in [6, 6.07) is 17.2. The number of hydrogen-bond donors (Lipinski definition) is 1. The van der Waals surface area contributed by atoms with Gasteiger partial charge in [-0.2, -0.15) is 14.9 Å². The second kappa shape index (κ2) is 7.97. The van der Waals surface area contributed by atoms with E-state index in [0.717, 1.165) is 15.9 Å². The molecule has 1 heterocycles. The fourth-order valence-electron chi connectivity index (χ4n) is 2.31. The summed E-state index contributed by atoms with van der Waals surface area (Å²) in [6.07, 6.45) is 1.54. The Hall–Kier alpha value is -2.93. The first-order valence-electron chi connectivity index (χ1n) is 7.92. The summed E-state index contributed by atoms with van der Waals surface area (Å²) in [7, 11) is 0. The van der Waals surface area contributed by atoms with Gasteiger partial charge in [-0.3, -0.25) is 4.79 Å². The summed E-state index contributed by atoms with van der Waals surface area (Å²) >= 11 is 3.41. The summed E-state index contributed by atoms with van der Waals surface area (Å²) in [5.41, 5.74) is 4.68.